The van der Waals surface area contributed by atoms with Crippen LogP contribution in [0.3, 0.4) is 0 Å². The fourth-order valence-electron chi connectivity index (χ4n) is 0.813. The normalized spacial score (nSPS) is 15.1. The molecule has 0 saturated carbocycles. The van der Waals surface area contributed by atoms with Gasteiger partial charge in [0, 0.05) is 6.54 Å². The van der Waals surface area contributed by atoms with E-state index in [2.05, 4.69) is 6.58 Å². The number of rotatable bonds is 7. The first-order valence-electron chi connectivity index (χ1n) is 4.61. The molecule has 0 atom stereocenters. The lowest BCUT2D eigenvalue weighted by atomic mass is 10.1. The molecule has 0 rings (SSSR count). The van der Waals surface area contributed by atoms with Gasteiger partial charge in [-0.3, -0.25) is 0 Å². The third-order valence-corrected chi connectivity index (χ3v) is 2.90. The maximum absolute atomic E-state index is 12.9. The van der Waals surface area contributed by atoms with E-state index in [1.165, 1.54) is 0 Å². The van der Waals surface area contributed by atoms with Gasteiger partial charge in [-0.1, -0.05) is 6.08 Å². The average Bonchev–Trinajstić information content (AvgIpc) is 2.22. The van der Waals surface area contributed by atoms with Crippen LogP contribution < -0.4 is 9.44 Å². The Morgan fingerprint density at radius 2 is 1.33 bits per heavy atom. The smallest absolute Gasteiger partial charge is 0.198 e. The van der Waals surface area contributed by atoms with Crippen molar-refractivity contribution < 1.29 is 47.9 Å². The minimum Gasteiger partial charge on any atom is -0.198 e. The van der Waals surface area contributed by atoms with Crippen LogP contribution >= 0.6 is 0 Å². The average molecular weight is 354 g/mol. The van der Waals surface area contributed by atoms with Crippen molar-refractivity contribution in [2.24, 2.45) is 0 Å². The Hall–Kier alpha value is -1.02. The molecule has 14 heteroatoms. The van der Waals surface area contributed by atoms with E-state index >= 15 is 0 Å². The van der Waals surface area contributed by atoms with Crippen LogP contribution in [0.15, 0.2) is 12.7 Å². The molecule has 0 aliphatic heterocycles. The summed E-state index contributed by atoms with van der Waals surface area (Å²) in [5.41, 5.74) is 0. The number of alkyl halides is 9. The zero-order valence-electron chi connectivity index (χ0n) is 9.62. The SMILES string of the molecule is C=CCNS(=O)(=O)NC(F)(F)C(F)(F)C(F)(F)C(F)(F)F. The monoisotopic (exact) mass is 354 g/mol. The topological polar surface area (TPSA) is 58.2 Å². The predicted octanol–water partition coefficient (Wildman–Crippen LogP) is 2.02. The summed E-state index contributed by atoms with van der Waals surface area (Å²) in [5, 5.41) is 0. The van der Waals surface area contributed by atoms with Crippen LogP contribution in [0.1, 0.15) is 0 Å². The molecule has 0 saturated heterocycles. The van der Waals surface area contributed by atoms with E-state index in [4.69, 9.17) is 0 Å². The van der Waals surface area contributed by atoms with E-state index in [1.54, 1.807) is 0 Å². The molecule has 0 aliphatic rings. The van der Waals surface area contributed by atoms with E-state index in [0.717, 1.165) is 10.8 Å². The van der Waals surface area contributed by atoms with Crippen molar-refractivity contribution in [3.05, 3.63) is 12.7 Å². The van der Waals surface area contributed by atoms with Gasteiger partial charge in [0.1, 0.15) is 0 Å². The predicted molar refractivity (Wildman–Crippen MR) is 51.2 cm³/mol. The van der Waals surface area contributed by atoms with Gasteiger partial charge >= 0.3 is 24.1 Å². The maximum atomic E-state index is 12.9. The van der Waals surface area contributed by atoms with E-state index in [0.29, 0.717) is 0 Å². The van der Waals surface area contributed by atoms with Crippen LogP contribution in [-0.4, -0.2) is 39.0 Å². The molecule has 0 aromatic heterocycles. The summed E-state index contributed by atoms with van der Waals surface area (Å²) < 4.78 is 134. The third kappa shape index (κ3) is 4.00. The van der Waals surface area contributed by atoms with Gasteiger partial charge in [0.25, 0.3) is 10.2 Å². The van der Waals surface area contributed by atoms with Gasteiger partial charge in [0.2, 0.25) is 0 Å². The summed E-state index contributed by atoms with van der Waals surface area (Å²) in [6, 6.07) is -6.42. The summed E-state index contributed by atoms with van der Waals surface area (Å²) in [4.78, 5) is 0. The van der Waals surface area contributed by atoms with Crippen LogP contribution in [0, 0.1) is 0 Å². The van der Waals surface area contributed by atoms with Gasteiger partial charge in [0.05, 0.1) is 0 Å². The molecule has 21 heavy (non-hydrogen) atoms. The van der Waals surface area contributed by atoms with Gasteiger partial charge in [0.15, 0.2) is 0 Å². The first-order valence-corrected chi connectivity index (χ1v) is 6.10. The van der Waals surface area contributed by atoms with Crippen LogP contribution in [0.5, 0.6) is 0 Å². The fraction of sp³-hybridized carbons (Fsp3) is 0.714. The Morgan fingerprint density at radius 1 is 0.905 bits per heavy atom. The molecule has 0 heterocycles. The van der Waals surface area contributed by atoms with Crippen molar-refractivity contribution >= 4 is 10.2 Å². The first-order chi connectivity index (χ1) is 9.02. The van der Waals surface area contributed by atoms with Crippen molar-refractivity contribution in [2.75, 3.05) is 6.54 Å². The molecule has 0 radical (unpaired) electrons. The molecule has 0 aromatic rings. The number of hydrogen-bond donors (Lipinski definition) is 2. The van der Waals surface area contributed by atoms with Crippen molar-refractivity contribution in [1.82, 2.24) is 9.44 Å². The summed E-state index contributed by atoms with van der Waals surface area (Å²) in [5.74, 6) is -14.2. The quantitative estimate of drug-likeness (QED) is 0.418. The van der Waals surface area contributed by atoms with Gasteiger partial charge in [-0.25, -0.2) is 0 Å². The molecule has 0 unspecified atom stereocenters. The summed E-state index contributed by atoms with van der Waals surface area (Å²) in [6.07, 6.45) is -6.26. The van der Waals surface area contributed by atoms with E-state index < -0.39 is 40.8 Å². The highest BCUT2D eigenvalue weighted by Gasteiger charge is 2.82. The Bertz CT molecular complexity index is 485. The highest BCUT2D eigenvalue weighted by Crippen LogP contribution is 2.52. The third-order valence-electron chi connectivity index (χ3n) is 1.82. The number of hydrogen-bond acceptors (Lipinski definition) is 2. The Balaban J connectivity index is 5.54. The number of nitrogens with one attached hydrogen (secondary N) is 2. The molecule has 0 fully saturated rings. The van der Waals surface area contributed by atoms with Gasteiger partial charge in [-0.2, -0.15) is 52.7 Å². The van der Waals surface area contributed by atoms with Gasteiger partial charge in [-0.05, 0) is 0 Å². The highest BCUT2D eigenvalue weighted by atomic mass is 32.2. The molecule has 0 amide bonds. The summed E-state index contributed by atoms with van der Waals surface area (Å²) >= 11 is 0. The van der Waals surface area contributed by atoms with Gasteiger partial charge < -0.3 is 0 Å². The molecular formula is C7H7F9N2O2S. The molecule has 0 aromatic carbocycles. The fourth-order valence-corrected chi connectivity index (χ4v) is 1.69. The van der Waals surface area contributed by atoms with Crippen molar-refractivity contribution in [1.29, 1.82) is 0 Å². The zero-order valence-corrected chi connectivity index (χ0v) is 10.4. The molecule has 2 N–H and O–H groups in total. The maximum Gasteiger partial charge on any atom is 0.460 e. The van der Waals surface area contributed by atoms with Gasteiger partial charge in [-0.15, -0.1) is 11.3 Å². The second kappa shape index (κ2) is 5.64. The lowest BCUT2D eigenvalue weighted by molar-refractivity contribution is -0.397. The standard InChI is InChI=1S/C7H7F9N2O2S/c1-2-3-17-21(19,20)18-7(15,16)5(10,11)4(8,9)6(12,13)14/h2,17-18H,1,3H2. The Labute approximate surface area is 112 Å². The van der Waals surface area contributed by atoms with Crippen LogP contribution in [0.25, 0.3) is 0 Å². The summed E-state index contributed by atoms with van der Waals surface area (Å²) in [7, 11) is -5.49. The van der Waals surface area contributed by atoms with Crippen LogP contribution in [0.4, 0.5) is 39.5 Å². The summed E-state index contributed by atoms with van der Waals surface area (Å²) in [6.45, 7) is 2.15. The molecule has 0 bridgehead atoms. The molecule has 4 nitrogen and oxygen atoms in total. The first kappa shape index (κ1) is 20.0. The van der Waals surface area contributed by atoms with Crippen LogP contribution in [0.2, 0.25) is 0 Å². The van der Waals surface area contributed by atoms with Crippen molar-refractivity contribution in [2.45, 2.75) is 24.1 Å². The zero-order chi connectivity index (χ0) is 17.3. The second-order valence-electron chi connectivity index (χ2n) is 3.46. The van der Waals surface area contributed by atoms with Crippen LogP contribution in [-0.2, 0) is 10.2 Å². The van der Waals surface area contributed by atoms with Crippen molar-refractivity contribution in [3.63, 3.8) is 0 Å². The molecular weight excluding hydrogens is 347 g/mol. The Kier molecular flexibility index (Phi) is 5.37. The van der Waals surface area contributed by atoms with E-state index in [1.807, 2.05) is 0 Å². The lowest BCUT2D eigenvalue weighted by Crippen LogP contribution is -2.67. The second-order valence-corrected chi connectivity index (χ2v) is 4.96. The lowest BCUT2D eigenvalue weighted by Gasteiger charge is -2.33. The van der Waals surface area contributed by atoms with E-state index in [9.17, 15) is 47.9 Å². The minimum absolute atomic E-state index is 0.264. The number of halogens is 9. The molecule has 0 aliphatic carbocycles. The minimum atomic E-state index is -7.18. The molecule has 0 spiro atoms. The molecule has 126 valence electrons. The highest BCUT2D eigenvalue weighted by molar-refractivity contribution is 7.87. The van der Waals surface area contributed by atoms with Crippen molar-refractivity contribution in [3.8, 4) is 0 Å². The largest absolute Gasteiger partial charge is 0.460 e. The van der Waals surface area contributed by atoms with E-state index in [-0.39, 0.29) is 4.72 Å². The Morgan fingerprint density at radius 3 is 1.67 bits per heavy atom.